The molecular weight excluding hydrogens is 268 g/mol. The Balaban J connectivity index is 2.11. The van der Waals surface area contributed by atoms with Crippen LogP contribution in [0.15, 0.2) is 16.3 Å². The van der Waals surface area contributed by atoms with Crippen LogP contribution in [-0.4, -0.2) is 14.5 Å². The van der Waals surface area contributed by atoms with E-state index in [0.29, 0.717) is 10.8 Å². The van der Waals surface area contributed by atoms with E-state index < -0.39 is 10.0 Å². The topological polar surface area (TPSA) is 72.2 Å². The van der Waals surface area contributed by atoms with Crippen LogP contribution in [0, 0.1) is 5.92 Å². The molecule has 1 fully saturated rings. The third kappa shape index (κ3) is 2.93. The number of thiophene rings is 1. The van der Waals surface area contributed by atoms with Crippen LogP contribution in [0.2, 0.25) is 0 Å². The maximum atomic E-state index is 12.3. The molecule has 0 saturated heterocycles. The maximum Gasteiger partial charge on any atom is 0.241 e. The first-order chi connectivity index (χ1) is 8.54. The number of rotatable bonds is 5. The molecule has 1 unspecified atom stereocenters. The third-order valence-corrected chi connectivity index (χ3v) is 6.34. The molecule has 1 aliphatic carbocycles. The highest BCUT2D eigenvalue weighted by molar-refractivity contribution is 7.89. The van der Waals surface area contributed by atoms with Crippen LogP contribution in [0.3, 0.4) is 0 Å². The lowest BCUT2D eigenvalue weighted by atomic mass is 10.0. The lowest BCUT2D eigenvalue weighted by Gasteiger charge is -2.20. The molecule has 1 heterocycles. The van der Waals surface area contributed by atoms with Gasteiger partial charge in [0.25, 0.3) is 0 Å². The predicted molar refractivity (Wildman–Crippen MR) is 74.0 cm³/mol. The van der Waals surface area contributed by atoms with Crippen LogP contribution in [0.1, 0.15) is 37.5 Å². The van der Waals surface area contributed by atoms with Gasteiger partial charge in [0.1, 0.15) is 0 Å². The molecular formula is C12H20N2O2S2. The van der Waals surface area contributed by atoms with Crippen molar-refractivity contribution in [2.24, 2.45) is 11.7 Å². The SMILES string of the molecule is CC(NS(=O)(=O)c1ccsc1CN)C1CCCC1. The summed E-state index contributed by atoms with van der Waals surface area (Å²) in [5.74, 6) is 0.472. The fourth-order valence-corrected chi connectivity index (χ4v) is 5.23. The minimum absolute atomic E-state index is 0.00280. The standard InChI is InChI=1S/C12H20N2O2S2/c1-9(10-4-2-3-5-10)14-18(15,16)12-6-7-17-11(12)8-13/h6-7,9-10,14H,2-5,8,13H2,1H3. The third-order valence-electron chi connectivity index (χ3n) is 3.63. The lowest BCUT2D eigenvalue weighted by Crippen LogP contribution is -2.37. The number of sulfonamides is 1. The number of hydrogen-bond acceptors (Lipinski definition) is 4. The predicted octanol–water partition coefficient (Wildman–Crippen LogP) is 2.06. The summed E-state index contributed by atoms with van der Waals surface area (Å²) >= 11 is 1.39. The van der Waals surface area contributed by atoms with E-state index in [-0.39, 0.29) is 12.6 Å². The second-order valence-electron chi connectivity index (χ2n) is 4.87. The van der Waals surface area contributed by atoms with Gasteiger partial charge in [-0.2, -0.15) is 0 Å². The van der Waals surface area contributed by atoms with E-state index in [0.717, 1.165) is 17.7 Å². The molecule has 3 N–H and O–H groups in total. The molecule has 4 nitrogen and oxygen atoms in total. The minimum Gasteiger partial charge on any atom is -0.326 e. The van der Waals surface area contributed by atoms with E-state index in [1.165, 1.54) is 24.2 Å². The molecule has 0 spiro atoms. The van der Waals surface area contributed by atoms with E-state index >= 15 is 0 Å². The van der Waals surface area contributed by atoms with Crippen molar-refractivity contribution in [2.45, 2.75) is 50.1 Å². The molecule has 2 rings (SSSR count). The molecule has 1 aromatic rings. The number of nitrogens with two attached hydrogens (primary N) is 1. The summed E-state index contributed by atoms with van der Waals surface area (Å²) in [7, 11) is -3.42. The van der Waals surface area contributed by atoms with Gasteiger partial charge in [0.15, 0.2) is 0 Å². The summed E-state index contributed by atoms with van der Waals surface area (Å²) in [5.41, 5.74) is 5.56. The van der Waals surface area contributed by atoms with E-state index in [1.807, 2.05) is 6.92 Å². The Morgan fingerprint density at radius 1 is 1.50 bits per heavy atom. The maximum absolute atomic E-state index is 12.3. The van der Waals surface area contributed by atoms with Crippen molar-refractivity contribution in [3.63, 3.8) is 0 Å². The zero-order valence-corrected chi connectivity index (χ0v) is 12.2. The normalized spacial score (nSPS) is 19.2. The van der Waals surface area contributed by atoms with Crippen LogP contribution in [0.5, 0.6) is 0 Å². The molecule has 0 aromatic carbocycles. The first-order valence-corrected chi connectivity index (χ1v) is 8.69. The molecule has 0 bridgehead atoms. The van der Waals surface area contributed by atoms with Gasteiger partial charge >= 0.3 is 0 Å². The van der Waals surface area contributed by atoms with Gasteiger partial charge in [-0.25, -0.2) is 13.1 Å². The Morgan fingerprint density at radius 3 is 2.78 bits per heavy atom. The Bertz CT molecular complexity index is 490. The van der Waals surface area contributed by atoms with Gasteiger partial charge < -0.3 is 5.73 Å². The number of hydrogen-bond donors (Lipinski definition) is 2. The molecule has 0 amide bonds. The smallest absolute Gasteiger partial charge is 0.241 e. The summed E-state index contributed by atoms with van der Waals surface area (Å²) < 4.78 is 27.4. The Morgan fingerprint density at radius 2 is 2.17 bits per heavy atom. The molecule has 6 heteroatoms. The Hall–Kier alpha value is -0.430. The van der Waals surface area contributed by atoms with Gasteiger partial charge in [-0.1, -0.05) is 12.8 Å². The summed E-state index contributed by atoms with van der Waals surface area (Å²) in [6, 6.07) is 1.64. The molecule has 0 aliphatic heterocycles. The van der Waals surface area contributed by atoms with Crippen molar-refractivity contribution in [3.8, 4) is 0 Å². The highest BCUT2D eigenvalue weighted by Crippen LogP contribution is 2.29. The van der Waals surface area contributed by atoms with E-state index in [4.69, 9.17) is 5.73 Å². The van der Waals surface area contributed by atoms with Crippen LogP contribution in [-0.2, 0) is 16.6 Å². The highest BCUT2D eigenvalue weighted by atomic mass is 32.2. The molecule has 102 valence electrons. The molecule has 1 saturated carbocycles. The van der Waals surface area contributed by atoms with Crippen molar-refractivity contribution < 1.29 is 8.42 Å². The van der Waals surface area contributed by atoms with E-state index in [9.17, 15) is 8.42 Å². The molecule has 0 radical (unpaired) electrons. The monoisotopic (exact) mass is 288 g/mol. The summed E-state index contributed by atoms with van der Waals surface area (Å²) in [5, 5.41) is 1.77. The lowest BCUT2D eigenvalue weighted by molar-refractivity contribution is 0.424. The Labute approximate surface area is 113 Å². The summed E-state index contributed by atoms with van der Waals surface area (Å²) in [4.78, 5) is 1.07. The van der Waals surface area contributed by atoms with Gasteiger partial charge in [-0.3, -0.25) is 0 Å². The molecule has 1 aromatic heterocycles. The minimum atomic E-state index is -3.42. The van der Waals surface area contributed by atoms with Gasteiger partial charge in [0, 0.05) is 17.5 Å². The molecule has 1 atom stereocenters. The van der Waals surface area contributed by atoms with Crippen molar-refractivity contribution in [1.82, 2.24) is 4.72 Å². The van der Waals surface area contributed by atoms with Crippen molar-refractivity contribution in [1.29, 1.82) is 0 Å². The quantitative estimate of drug-likeness (QED) is 0.871. The largest absolute Gasteiger partial charge is 0.326 e. The van der Waals surface area contributed by atoms with Gasteiger partial charge in [-0.15, -0.1) is 11.3 Å². The van der Waals surface area contributed by atoms with Gasteiger partial charge in [0.2, 0.25) is 10.0 Å². The van der Waals surface area contributed by atoms with Crippen molar-refractivity contribution in [3.05, 3.63) is 16.3 Å². The highest BCUT2D eigenvalue weighted by Gasteiger charge is 2.27. The first-order valence-electron chi connectivity index (χ1n) is 6.33. The Kier molecular flexibility index (Phi) is 4.42. The van der Waals surface area contributed by atoms with Crippen LogP contribution in [0.25, 0.3) is 0 Å². The van der Waals surface area contributed by atoms with Crippen LogP contribution < -0.4 is 10.5 Å². The van der Waals surface area contributed by atoms with Crippen molar-refractivity contribution in [2.75, 3.05) is 0 Å². The molecule has 1 aliphatic rings. The van der Waals surface area contributed by atoms with E-state index in [2.05, 4.69) is 4.72 Å². The number of nitrogens with one attached hydrogen (secondary N) is 1. The summed E-state index contributed by atoms with van der Waals surface area (Å²) in [6.07, 6.45) is 4.67. The second kappa shape index (κ2) is 5.69. The average Bonchev–Trinajstić information content (AvgIpc) is 2.99. The fraction of sp³-hybridized carbons (Fsp3) is 0.667. The summed E-state index contributed by atoms with van der Waals surface area (Å²) in [6.45, 7) is 2.23. The second-order valence-corrected chi connectivity index (χ2v) is 7.55. The zero-order chi connectivity index (χ0) is 13.2. The van der Waals surface area contributed by atoms with Crippen LogP contribution >= 0.6 is 11.3 Å². The van der Waals surface area contributed by atoms with Gasteiger partial charge in [-0.05, 0) is 37.1 Å². The van der Waals surface area contributed by atoms with Gasteiger partial charge in [0.05, 0.1) is 4.90 Å². The van der Waals surface area contributed by atoms with E-state index in [1.54, 1.807) is 11.4 Å². The molecule has 18 heavy (non-hydrogen) atoms. The van der Waals surface area contributed by atoms with Crippen molar-refractivity contribution >= 4 is 21.4 Å². The van der Waals surface area contributed by atoms with Crippen LogP contribution in [0.4, 0.5) is 0 Å². The zero-order valence-electron chi connectivity index (χ0n) is 10.6. The first kappa shape index (κ1) is 14.0. The average molecular weight is 288 g/mol. The fourth-order valence-electron chi connectivity index (χ4n) is 2.58.